The van der Waals surface area contributed by atoms with Crippen LogP contribution in [0.2, 0.25) is 0 Å². The van der Waals surface area contributed by atoms with Crippen molar-refractivity contribution in [1.82, 2.24) is 4.90 Å². The molecule has 1 aromatic carbocycles. The maximum atomic E-state index is 2.63. The van der Waals surface area contributed by atoms with E-state index in [-0.39, 0.29) is 0 Å². The summed E-state index contributed by atoms with van der Waals surface area (Å²) in [6.45, 7) is 10.6. The Kier molecular flexibility index (Phi) is 5.85. The van der Waals surface area contributed by atoms with Gasteiger partial charge in [0.25, 0.3) is 0 Å². The lowest BCUT2D eigenvalue weighted by Crippen LogP contribution is -2.21. The average Bonchev–Trinajstić information content (AvgIpc) is 2.83. The number of likely N-dealkylation sites (tertiary alicyclic amines) is 1. The standard InChI is InChI=1S/C19H29N/c1-4-5-9-12-20-14-18(19(15-20)16(2)3)13-17-10-7-6-8-11-17/h5-11,16,18-19H,4,12-15H2,1-3H3/b9-5+/t18-,19?/m0/s1. The zero-order valence-electron chi connectivity index (χ0n) is 13.3. The molecule has 0 spiro atoms. The van der Waals surface area contributed by atoms with Crippen LogP contribution >= 0.6 is 0 Å². The third-order valence-electron chi connectivity index (χ3n) is 4.53. The smallest absolute Gasteiger partial charge is 0.0163 e. The van der Waals surface area contributed by atoms with Gasteiger partial charge in [0.15, 0.2) is 0 Å². The highest BCUT2D eigenvalue weighted by Crippen LogP contribution is 2.32. The molecule has 0 radical (unpaired) electrons. The molecule has 1 fully saturated rings. The maximum Gasteiger partial charge on any atom is 0.0163 e. The molecule has 1 aliphatic heterocycles. The van der Waals surface area contributed by atoms with Crippen molar-refractivity contribution in [2.75, 3.05) is 19.6 Å². The van der Waals surface area contributed by atoms with Gasteiger partial charge in [-0.15, -0.1) is 0 Å². The molecule has 1 aromatic rings. The number of rotatable bonds is 6. The zero-order valence-corrected chi connectivity index (χ0v) is 13.3. The third-order valence-corrected chi connectivity index (χ3v) is 4.53. The van der Waals surface area contributed by atoms with Crippen molar-refractivity contribution >= 4 is 0 Å². The summed E-state index contributed by atoms with van der Waals surface area (Å²) in [5, 5.41) is 0. The van der Waals surface area contributed by atoms with E-state index in [1.807, 2.05) is 0 Å². The summed E-state index contributed by atoms with van der Waals surface area (Å²) >= 11 is 0. The Morgan fingerprint density at radius 3 is 2.55 bits per heavy atom. The van der Waals surface area contributed by atoms with Crippen LogP contribution in [0.5, 0.6) is 0 Å². The number of hydrogen-bond acceptors (Lipinski definition) is 1. The lowest BCUT2D eigenvalue weighted by Gasteiger charge is -2.21. The van der Waals surface area contributed by atoms with Gasteiger partial charge in [-0.3, -0.25) is 4.90 Å². The summed E-state index contributed by atoms with van der Waals surface area (Å²) < 4.78 is 0. The van der Waals surface area contributed by atoms with E-state index in [9.17, 15) is 0 Å². The maximum absolute atomic E-state index is 2.63. The fraction of sp³-hybridized carbons (Fsp3) is 0.579. The van der Waals surface area contributed by atoms with Crippen molar-refractivity contribution < 1.29 is 0 Å². The highest BCUT2D eigenvalue weighted by molar-refractivity contribution is 5.16. The summed E-state index contributed by atoms with van der Waals surface area (Å²) in [4.78, 5) is 2.63. The molecule has 20 heavy (non-hydrogen) atoms. The van der Waals surface area contributed by atoms with Crippen LogP contribution in [0, 0.1) is 17.8 Å². The first-order valence-corrected chi connectivity index (χ1v) is 8.12. The molecule has 1 heteroatoms. The number of benzene rings is 1. The Morgan fingerprint density at radius 1 is 1.15 bits per heavy atom. The van der Waals surface area contributed by atoms with Crippen molar-refractivity contribution in [3.05, 3.63) is 48.0 Å². The highest BCUT2D eigenvalue weighted by atomic mass is 15.1. The van der Waals surface area contributed by atoms with Crippen LogP contribution in [0.25, 0.3) is 0 Å². The van der Waals surface area contributed by atoms with Gasteiger partial charge in [0, 0.05) is 19.6 Å². The molecule has 0 aromatic heterocycles. The van der Waals surface area contributed by atoms with Crippen molar-refractivity contribution in [3.63, 3.8) is 0 Å². The Hall–Kier alpha value is -1.08. The summed E-state index contributed by atoms with van der Waals surface area (Å²) in [5.41, 5.74) is 1.49. The SMILES string of the molecule is CC/C=C/CN1CC(C(C)C)[C@@H](Cc2ccccc2)C1. The Morgan fingerprint density at radius 2 is 1.90 bits per heavy atom. The van der Waals surface area contributed by atoms with Gasteiger partial charge in [0.1, 0.15) is 0 Å². The van der Waals surface area contributed by atoms with Crippen LogP contribution in [0.3, 0.4) is 0 Å². The lowest BCUT2D eigenvalue weighted by atomic mass is 9.82. The van der Waals surface area contributed by atoms with Gasteiger partial charge in [-0.05, 0) is 36.2 Å². The van der Waals surface area contributed by atoms with Crippen molar-refractivity contribution in [1.29, 1.82) is 0 Å². The first-order chi connectivity index (χ1) is 9.70. The van der Waals surface area contributed by atoms with Crippen molar-refractivity contribution in [2.24, 2.45) is 17.8 Å². The number of nitrogens with zero attached hydrogens (tertiary/aromatic N) is 1. The summed E-state index contributed by atoms with van der Waals surface area (Å²) in [5.74, 6) is 2.43. The topological polar surface area (TPSA) is 3.24 Å². The van der Waals surface area contributed by atoms with Crippen LogP contribution in [-0.2, 0) is 6.42 Å². The molecule has 110 valence electrons. The zero-order chi connectivity index (χ0) is 14.4. The second kappa shape index (κ2) is 7.64. The predicted octanol–water partition coefficient (Wildman–Crippen LogP) is 4.40. The van der Waals surface area contributed by atoms with Gasteiger partial charge in [-0.2, -0.15) is 0 Å². The summed E-state index contributed by atoms with van der Waals surface area (Å²) in [6, 6.07) is 11.0. The minimum atomic E-state index is 0.781. The predicted molar refractivity (Wildman–Crippen MR) is 87.8 cm³/mol. The largest absolute Gasteiger partial charge is 0.299 e. The van der Waals surface area contributed by atoms with Gasteiger partial charge >= 0.3 is 0 Å². The molecule has 0 aliphatic carbocycles. The molecular formula is C19H29N. The fourth-order valence-corrected chi connectivity index (χ4v) is 3.42. The number of allylic oxidation sites excluding steroid dienone is 1. The van der Waals surface area contributed by atoms with E-state index in [1.54, 1.807) is 0 Å². The molecular weight excluding hydrogens is 242 g/mol. The summed E-state index contributed by atoms with van der Waals surface area (Å²) in [7, 11) is 0. The van der Waals surface area contributed by atoms with Gasteiger partial charge in [-0.1, -0.05) is 63.3 Å². The van der Waals surface area contributed by atoms with E-state index in [1.165, 1.54) is 25.1 Å². The second-order valence-corrected chi connectivity index (χ2v) is 6.46. The van der Waals surface area contributed by atoms with E-state index < -0.39 is 0 Å². The molecule has 0 amide bonds. The molecule has 0 saturated carbocycles. The van der Waals surface area contributed by atoms with Crippen LogP contribution in [0.4, 0.5) is 0 Å². The average molecular weight is 271 g/mol. The molecule has 1 heterocycles. The van der Waals surface area contributed by atoms with Crippen LogP contribution in [-0.4, -0.2) is 24.5 Å². The molecule has 1 aliphatic rings. The summed E-state index contributed by atoms with van der Waals surface area (Å²) in [6.07, 6.45) is 7.00. The Labute approximate surface area is 124 Å². The molecule has 0 bridgehead atoms. The highest BCUT2D eigenvalue weighted by Gasteiger charge is 2.33. The third kappa shape index (κ3) is 4.21. The molecule has 0 N–H and O–H groups in total. The number of hydrogen-bond donors (Lipinski definition) is 0. The van der Waals surface area contributed by atoms with E-state index >= 15 is 0 Å². The molecule has 2 atom stereocenters. The molecule has 1 unspecified atom stereocenters. The first-order valence-electron chi connectivity index (χ1n) is 8.12. The molecule has 1 nitrogen and oxygen atoms in total. The quantitative estimate of drug-likeness (QED) is 0.693. The second-order valence-electron chi connectivity index (χ2n) is 6.46. The van der Waals surface area contributed by atoms with Crippen LogP contribution < -0.4 is 0 Å². The van der Waals surface area contributed by atoms with Crippen LogP contribution in [0.1, 0.15) is 32.8 Å². The van der Waals surface area contributed by atoms with Crippen molar-refractivity contribution in [3.8, 4) is 0 Å². The molecule has 2 rings (SSSR count). The minimum Gasteiger partial charge on any atom is -0.299 e. The van der Waals surface area contributed by atoms with E-state index in [4.69, 9.17) is 0 Å². The Balaban J connectivity index is 1.97. The lowest BCUT2D eigenvalue weighted by molar-refractivity contribution is 0.309. The molecule has 1 saturated heterocycles. The van der Waals surface area contributed by atoms with Gasteiger partial charge in [0.05, 0.1) is 0 Å². The normalized spacial score (nSPS) is 24.0. The van der Waals surface area contributed by atoms with Gasteiger partial charge in [0.2, 0.25) is 0 Å². The first kappa shape index (κ1) is 15.3. The van der Waals surface area contributed by atoms with Gasteiger partial charge in [-0.25, -0.2) is 0 Å². The van der Waals surface area contributed by atoms with Crippen LogP contribution in [0.15, 0.2) is 42.5 Å². The van der Waals surface area contributed by atoms with E-state index in [0.717, 1.165) is 30.7 Å². The van der Waals surface area contributed by atoms with E-state index in [2.05, 4.69) is 68.2 Å². The monoisotopic (exact) mass is 271 g/mol. The van der Waals surface area contributed by atoms with E-state index in [0.29, 0.717) is 0 Å². The Bertz CT molecular complexity index is 407. The fourth-order valence-electron chi connectivity index (χ4n) is 3.42. The van der Waals surface area contributed by atoms with Crippen molar-refractivity contribution in [2.45, 2.75) is 33.6 Å². The van der Waals surface area contributed by atoms with Gasteiger partial charge < -0.3 is 0 Å². The minimum absolute atomic E-state index is 0.781.